The molecule has 0 aliphatic heterocycles. The Morgan fingerprint density at radius 2 is 2.00 bits per heavy atom. The number of hydrogen-bond acceptors (Lipinski definition) is 5. The number of anilines is 1. The van der Waals surface area contributed by atoms with Crippen LogP contribution >= 0.6 is 0 Å². The smallest absolute Gasteiger partial charge is 0.309 e. The minimum absolute atomic E-state index is 0.0848. The van der Waals surface area contributed by atoms with Crippen LogP contribution in [-0.2, 0) is 24.3 Å². The maximum absolute atomic E-state index is 11.9. The lowest BCUT2D eigenvalue weighted by Crippen LogP contribution is -2.23. The maximum atomic E-state index is 11.9. The number of benzene rings is 1. The Kier molecular flexibility index (Phi) is 5.06. The van der Waals surface area contributed by atoms with Gasteiger partial charge in [-0.25, -0.2) is 13.1 Å². The Labute approximate surface area is 135 Å². The van der Waals surface area contributed by atoms with Crippen molar-refractivity contribution in [3.63, 3.8) is 0 Å². The molecule has 2 N–H and O–H groups in total. The lowest BCUT2D eigenvalue weighted by atomic mass is 10.2. The molecule has 1 aromatic carbocycles. The molecule has 0 unspecified atom stereocenters. The molecule has 0 radical (unpaired) electrons. The number of sulfonamides is 1. The van der Waals surface area contributed by atoms with Gasteiger partial charge in [0.05, 0.1) is 10.8 Å². The standard InChI is InChI=1S/C15H20N2O5S/c1-9-4-5-11(7-13(9)23(20,21)16-3)17-14(18)8-22-15(19)12-6-10(12)2/h4-5,7,10,12,16H,6,8H2,1-3H3,(H,17,18)/t10-,12+/m1/s1. The van der Waals surface area contributed by atoms with Gasteiger partial charge >= 0.3 is 5.97 Å². The van der Waals surface area contributed by atoms with Gasteiger partial charge in [0.2, 0.25) is 10.0 Å². The molecule has 0 bridgehead atoms. The van der Waals surface area contributed by atoms with Crippen LogP contribution in [0.25, 0.3) is 0 Å². The van der Waals surface area contributed by atoms with Crippen molar-refractivity contribution >= 4 is 27.6 Å². The van der Waals surface area contributed by atoms with E-state index in [1.165, 1.54) is 13.1 Å². The van der Waals surface area contributed by atoms with Gasteiger partial charge in [0.1, 0.15) is 0 Å². The Bertz CT molecular complexity index is 729. The molecule has 1 fully saturated rings. The molecular formula is C15H20N2O5S. The largest absolute Gasteiger partial charge is 0.455 e. The van der Waals surface area contributed by atoms with E-state index in [0.29, 0.717) is 17.2 Å². The van der Waals surface area contributed by atoms with Gasteiger partial charge in [-0.1, -0.05) is 13.0 Å². The molecule has 0 saturated heterocycles. The normalized spacial score (nSPS) is 20.0. The topological polar surface area (TPSA) is 102 Å². The Morgan fingerprint density at radius 3 is 2.57 bits per heavy atom. The van der Waals surface area contributed by atoms with E-state index in [2.05, 4.69) is 10.0 Å². The number of amides is 1. The minimum atomic E-state index is -3.61. The summed E-state index contributed by atoms with van der Waals surface area (Å²) in [5.74, 6) is -0.662. The van der Waals surface area contributed by atoms with Crippen molar-refractivity contribution < 1.29 is 22.7 Å². The second-order valence-electron chi connectivity index (χ2n) is 5.66. The van der Waals surface area contributed by atoms with E-state index in [4.69, 9.17) is 4.74 Å². The number of aryl methyl sites for hydroxylation is 1. The molecule has 1 aliphatic carbocycles. The fourth-order valence-corrected chi connectivity index (χ4v) is 3.16. The zero-order valence-electron chi connectivity index (χ0n) is 13.3. The van der Waals surface area contributed by atoms with Gasteiger partial charge in [0, 0.05) is 5.69 Å². The summed E-state index contributed by atoms with van der Waals surface area (Å²) in [6.07, 6.45) is 0.795. The van der Waals surface area contributed by atoms with Crippen LogP contribution in [0.2, 0.25) is 0 Å². The van der Waals surface area contributed by atoms with E-state index in [1.54, 1.807) is 19.1 Å². The van der Waals surface area contributed by atoms with Crippen LogP contribution < -0.4 is 10.0 Å². The second-order valence-corrected chi connectivity index (χ2v) is 7.52. The van der Waals surface area contributed by atoms with Crippen LogP contribution in [0.3, 0.4) is 0 Å². The number of hydrogen-bond donors (Lipinski definition) is 2. The number of esters is 1. The van der Waals surface area contributed by atoms with Gasteiger partial charge in [-0.2, -0.15) is 0 Å². The van der Waals surface area contributed by atoms with Gasteiger partial charge in [0.15, 0.2) is 6.61 Å². The molecule has 0 aromatic heterocycles. The summed E-state index contributed by atoms with van der Waals surface area (Å²) in [5, 5.41) is 2.52. The van der Waals surface area contributed by atoms with Crippen LogP contribution in [0.5, 0.6) is 0 Å². The summed E-state index contributed by atoms with van der Waals surface area (Å²) in [6, 6.07) is 4.55. The Balaban J connectivity index is 1.98. The number of carbonyl (C=O) groups is 2. The average Bonchev–Trinajstić information content (AvgIpc) is 3.23. The van der Waals surface area contributed by atoms with E-state index in [1.807, 2.05) is 6.92 Å². The van der Waals surface area contributed by atoms with E-state index in [0.717, 1.165) is 6.42 Å². The number of carbonyl (C=O) groups excluding carboxylic acids is 2. The number of ether oxygens (including phenoxy) is 1. The average molecular weight is 340 g/mol. The Hall–Kier alpha value is -1.93. The molecular weight excluding hydrogens is 320 g/mol. The first kappa shape index (κ1) is 17.4. The lowest BCUT2D eigenvalue weighted by molar-refractivity contribution is -0.148. The van der Waals surface area contributed by atoms with Crippen molar-refractivity contribution in [3.8, 4) is 0 Å². The van der Waals surface area contributed by atoms with Crippen molar-refractivity contribution in [2.24, 2.45) is 11.8 Å². The molecule has 126 valence electrons. The highest BCUT2D eigenvalue weighted by atomic mass is 32.2. The highest BCUT2D eigenvalue weighted by molar-refractivity contribution is 7.89. The third-order valence-electron chi connectivity index (χ3n) is 3.79. The summed E-state index contributed by atoms with van der Waals surface area (Å²) in [5.41, 5.74) is 0.886. The molecule has 1 amide bonds. The third-order valence-corrected chi connectivity index (χ3v) is 5.34. The second kappa shape index (κ2) is 6.67. The van der Waals surface area contributed by atoms with Crippen LogP contribution in [0.15, 0.2) is 23.1 Å². The summed E-state index contributed by atoms with van der Waals surface area (Å²) >= 11 is 0. The zero-order chi connectivity index (χ0) is 17.2. The van der Waals surface area contributed by atoms with E-state index in [-0.39, 0.29) is 23.4 Å². The molecule has 0 spiro atoms. The van der Waals surface area contributed by atoms with Gasteiger partial charge in [0.25, 0.3) is 5.91 Å². The van der Waals surface area contributed by atoms with Crippen molar-refractivity contribution in [2.75, 3.05) is 19.0 Å². The van der Waals surface area contributed by atoms with E-state index < -0.39 is 15.9 Å². The first-order valence-electron chi connectivity index (χ1n) is 7.25. The lowest BCUT2D eigenvalue weighted by Gasteiger charge is -2.10. The number of rotatable bonds is 6. The molecule has 1 saturated carbocycles. The van der Waals surface area contributed by atoms with Crippen LogP contribution in [0.4, 0.5) is 5.69 Å². The van der Waals surface area contributed by atoms with Crippen LogP contribution in [-0.4, -0.2) is 33.9 Å². The predicted molar refractivity (Wildman–Crippen MR) is 84.3 cm³/mol. The third kappa shape index (κ3) is 4.29. The van der Waals surface area contributed by atoms with Crippen molar-refractivity contribution in [3.05, 3.63) is 23.8 Å². The molecule has 1 aliphatic rings. The van der Waals surface area contributed by atoms with Crippen LogP contribution in [0.1, 0.15) is 18.9 Å². The quantitative estimate of drug-likeness (QED) is 0.754. The minimum Gasteiger partial charge on any atom is -0.455 e. The molecule has 8 heteroatoms. The maximum Gasteiger partial charge on any atom is 0.309 e. The van der Waals surface area contributed by atoms with E-state index in [9.17, 15) is 18.0 Å². The SMILES string of the molecule is CNS(=O)(=O)c1cc(NC(=O)COC(=O)[C@H]2C[C@H]2C)ccc1C. The molecule has 2 atom stereocenters. The number of nitrogens with one attached hydrogen (secondary N) is 2. The first-order valence-corrected chi connectivity index (χ1v) is 8.73. The molecule has 23 heavy (non-hydrogen) atoms. The van der Waals surface area contributed by atoms with Crippen LogP contribution in [0, 0.1) is 18.8 Å². The highest BCUT2D eigenvalue weighted by Crippen LogP contribution is 2.38. The molecule has 1 aromatic rings. The van der Waals surface area contributed by atoms with Crippen molar-refractivity contribution in [1.29, 1.82) is 0 Å². The highest BCUT2D eigenvalue weighted by Gasteiger charge is 2.40. The monoisotopic (exact) mass is 340 g/mol. The fraction of sp³-hybridized carbons (Fsp3) is 0.467. The Morgan fingerprint density at radius 1 is 1.35 bits per heavy atom. The molecule has 7 nitrogen and oxygen atoms in total. The molecule has 0 heterocycles. The summed E-state index contributed by atoms with van der Waals surface area (Å²) < 4.78 is 31.0. The van der Waals surface area contributed by atoms with Gasteiger partial charge in [-0.3, -0.25) is 9.59 Å². The zero-order valence-corrected chi connectivity index (χ0v) is 14.1. The first-order chi connectivity index (χ1) is 10.7. The summed E-state index contributed by atoms with van der Waals surface area (Å²) in [4.78, 5) is 23.4. The van der Waals surface area contributed by atoms with E-state index >= 15 is 0 Å². The van der Waals surface area contributed by atoms with Crippen molar-refractivity contribution in [1.82, 2.24) is 4.72 Å². The summed E-state index contributed by atoms with van der Waals surface area (Å²) in [6.45, 7) is 3.22. The molecule has 2 rings (SSSR count). The van der Waals surface area contributed by atoms with Gasteiger partial charge in [-0.05, 0) is 44.0 Å². The van der Waals surface area contributed by atoms with Gasteiger partial charge < -0.3 is 10.1 Å². The predicted octanol–water partition coefficient (Wildman–Crippen LogP) is 1.04. The summed E-state index contributed by atoms with van der Waals surface area (Å²) in [7, 11) is -2.29. The fourth-order valence-electron chi connectivity index (χ4n) is 2.17. The van der Waals surface area contributed by atoms with Crippen molar-refractivity contribution in [2.45, 2.75) is 25.2 Å². The van der Waals surface area contributed by atoms with Gasteiger partial charge in [-0.15, -0.1) is 0 Å².